The van der Waals surface area contributed by atoms with Crippen LogP contribution in [0.15, 0.2) is 77.4 Å². The topological polar surface area (TPSA) is 90.6 Å². The molecule has 0 spiro atoms. The lowest BCUT2D eigenvalue weighted by atomic mass is 9.91. The zero-order chi connectivity index (χ0) is 31.3. The van der Waals surface area contributed by atoms with Crippen molar-refractivity contribution in [2.24, 2.45) is 0 Å². The van der Waals surface area contributed by atoms with Crippen LogP contribution in [0.5, 0.6) is 0 Å². The summed E-state index contributed by atoms with van der Waals surface area (Å²) in [5.74, 6) is 0.336. The number of ether oxygens (including phenoxy) is 1. The number of methoxy groups -OCH3 is 1. The first-order valence-electron chi connectivity index (χ1n) is 15.9. The third-order valence-electron chi connectivity index (χ3n) is 8.59. The molecule has 0 radical (unpaired) electrons. The molecule has 2 aliphatic rings. The first kappa shape index (κ1) is 33.3. The minimum Gasteiger partial charge on any atom is -0.388 e. The number of anilines is 1. The summed E-state index contributed by atoms with van der Waals surface area (Å²) in [4.78, 5) is 19.0. The molecule has 2 atom stereocenters. The Bertz CT molecular complexity index is 1330. The lowest BCUT2D eigenvalue weighted by Gasteiger charge is -2.26. The number of ketones is 1. The van der Waals surface area contributed by atoms with Gasteiger partial charge in [0, 0.05) is 38.9 Å². The molecule has 1 aromatic heterocycles. The summed E-state index contributed by atoms with van der Waals surface area (Å²) in [6, 6.07) is 9.03. The molecule has 0 bridgehead atoms. The fraction of sp³-hybridized carbons (Fsp3) is 0.514. The van der Waals surface area contributed by atoms with E-state index in [0.717, 1.165) is 61.9 Å². The number of carbonyl (C=O) groups is 1. The first-order chi connectivity index (χ1) is 21.4. The molecule has 238 valence electrons. The highest BCUT2D eigenvalue weighted by Gasteiger charge is 2.25. The monoisotopic (exact) mass is 606 g/mol. The van der Waals surface area contributed by atoms with Crippen LogP contribution in [0, 0.1) is 0 Å². The summed E-state index contributed by atoms with van der Waals surface area (Å²) in [7, 11) is 1.51. The van der Waals surface area contributed by atoms with Gasteiger partial charge in [-0.25, -0.2) is 4.39 Å². The number of allylic oxidation sites excluding steroid dienone is 6. The molecular formula is C35H49FN5O3+. The standard InChI is InChI=1S/C35H48FN5O3/c1-26-14-17-34-30(13-9-19-38-34)16-15-28(26)10-7-8-20-40(23-31(36)24-44-3)21-18-33(27(2)42)39-35-32(22-37-25-41(35)43)29-11-5-4-6-12-29/h4-6,11-12,15-16,22,25,31,33,38,43H,7-10,13-14,17-21,23-24H2,1-3H3/p+1/b16-15-,28-26-/t31-,33?/m0/s1. The number of hydrogen-bond donors (Lipinski definition) is 3. The third-order valence-corrected chi connectivity index (χ3v) is 8.59. The van der Waals surface area contributed by atoms with Gasteiger partial charge in [-0.1, -0.05) is 52.8 Å². The first-order valence-corrected chi connectivity index (χ1v) is 15.9. The maximum absolute atomic E-state index is 14.7. The second-order valence-corrected chi connectivity index (χ2v) is 11.9. The number of rotatable bonds is 16. The fourth-order valence-electron chi connectivity index (χ4n) is 6.03. The van der Waals surface area contributed by atoms with Crippen LogP contribution < -0.4 is 15.4 Å². The average Bonchev–Trinajstić information content (AvgIpc) is 3.01. The fourth-order valence-corrected chi connectivity index (χ4v) is 6.03. The maximum atomic E-state index is 14.7. The summed E-state index contributed by atoms with van der Waals surface area (Å²) in [5, 5.41) is 17.4. The van der Waals surface area contributed by atoms with E-state index in [1.54, 1.807) is 6.20 Å². The zero-order valence-electron chi connectivity index (χ0n) is 26.5. The predicted molar refractivity (Wildman–Crippen MR) is 172 cm³/mol. The van der Waals surface area contributed by atoms with E-state index in [0.29, 0.717) is 24.3 Å². The second-order valence-electron chi connectivity index (χ2n) is 11.9. The Hall–Kier alpha value is -3.56. The van der Waals surface area contributed by atoms with Crippen molar-refractivity contribution < 1.29 is 23.9 Å². The van der Waals surface area contributed by atoms with Crippen LogP contribution in [0.3, 0.4) is 0 Å². The molecule has 1 unspecified atom stereocenters. The van der Waals surface area contributed by atoms with Gasteiger partial charge in [-0.2, -0.15) is 0 Å². The van der Waals surface area contributed by atoms with Crippen molar-refractivity contribution in [1.82, 2.24) is 15.2 Å². The van der Waals surface area contributed by atoms with E-state index in [-0.39, 0.29) is 18.9 Å². The van der Waals surface area contributed by atoms with Crippen molar-refractivity contribution >= 4 is 11.6 Å². The highest BCUT2D eigenvalue weighted by atomic mass is 19.1. The smallest absolute Gasteiger partial charge is 0.271 e. The van der Waals surface area contributed by atoms with Crippen molar-refractivity contribution in [2.45, 2.75) is 77.4 Å². The Morgan fingerprint density at radius 3 is 2.77 bits per heavy atom. The molecule has 0 saturated heterocycles. The number of nitrogens with one attached hydrogen (secondary N) is 2. The minimum atomic E-state index is -1.11. The van der Waals surface area contributed by atoms with Crippen LogP contribution in [0.1, 0.15) is 65.2 Å². The van der Waals surface area contributed by atoms with Crippen LogP contribution in [0.25, 0.3) is 11.1 Å². The third kappa shape index (κ3) is 9.72. The van der Waals surface area contributed by atoms with E-state index in [1.807, 2.05) is 30.3 Å². The van der Waals surface area contributed by atoms with E-state index in [2.05, 4.69) is 39.6 Å². The summed E-state index contributed by atoms with van der Waals surface area (Å²) >= 11 is 0. The van der Waals surface area contributed by atoms with Gasteiger partial charge in [-0.3, -0.25) is 10.1 Å². The van der Waals surface area contributed by atoms with Gasteiger partial charge in [0.05, 0.1) is 12.2 Å². The number of nitrogens with zero attached hydrogens (tertiary/aromatic N) is 3. The predicted octanol–water partition coefficient (Wildman–Crippen LogP) is 5.79. The Morgan fingerprint density at radius 1 is 1.18 bits per heavy atom. The number of halogens is 1. The zero-order valence-corrected chi connectivity index (χ0v) is 26.5. The molecule has 0 amide bonds. The van der Waals surface area contributed by atoms with E-state index in [1.165, 1.54) is 49.2 Å². The lowest BCUT2D eigenvalue weighted by molar-refractivity contribution is -0.895. The summed E-state index contributed by atoms with van der Waals surface area (Å²) in [6.45, 7) is 6.41. The normalized spacial score (nSPS) is 19.0. The Balaban J connectivity index is 1.37. The van der Waals surface area contributed by atoms with Crippen molar-refractivity contribution in [3.63, 3.8) is 0 Å². The lowest BCUT2D eigenvalue weighted by Crippen LogP contribution is -2.42. The largest absolute Gasteiger partial charge is 0.388 e. The molecule has 44 heavy (non-hydrogen) atoms. The molecule has 0 fully saturated rings. The number of Topliss-reactive ketones (excluding diaryl/α,β-unsaturated/α-hetero) is 1. The summed E-state index contributed by atoms with van der Waals surface area (Å²) in [5.41, 5.74) is 7.27. The summed E-state index contributed by atoms with van der Waals surface area (Å²) in [6.07, 6.45) is 14.4. The number of alkyl halides is 1. The van der Waals surface area contributed by atoms with Gasteiger partial charge >= 0.3 is 0 Å². The Kier molecular flexibility index (Phi) is 12.9. The number of unbranched alkanes of at least 4 members (excludes halogenated alkanes) is 1. The molecule has 8 nitrogen and oxygen atoms in total. The minimum absolute atomic E-state index is 0.0381. The quantitative estimate of drug-likeness (QED) is 0.127. The average molecular weight is 607 g/mol. The molecule has 3 N–H and O–H groups in total. The molecule has 0 saturated carbocycles. The van der Waals surface area contributed by atoms with Crippen LogP contribution in [-0.2, 0) is 9.53 Å². The van der Waals surface area contributed by atoms with E-state index in [9.17, 15) is 14.4 Å². The Labute approximate surface area is 261 Å². The van der Waals surface area contributed by atoms with Gasteiger partial charge < -0.3 is 20.2 Å². The number of carbonyl (C=O) groups excluding carboxylic acids is 1. The van der Waals surface area contributed by atoms with Crippen LogP contribution in [-0.4, -0.2) is 73.0 Å². The molecule has 1 aliphatic heterocycles. The van der Waals surface area contributed by atoms with Gasteiger partial charge in [0.15, 0.2) is 5.78 Å². The van der Waals surface area contributed by atoms with Crippen molar-refractivity contribution in [3.8, 4) is 11.1 Å². The van der Waals surface area contributed by atoms with E-state index < -0.39 is 12.2 Å². The van der Waals surface area contributed by atoms with Crippen LogP contribution in [0.4, 0.5) is 10.2 Å². The number of benzene rings is 1. The van der Waals surface area contributed by atoms with Gasteiger partial charge in [-0.05, 0) is 82.0 Å². The van der Waals surface area contributed by atoms with E-state index >= 15 is 0 Å². The molecule has 2 aromatic rings. The molecule has 1 aromatic carbocycles. The van der Waals surface area contributed by atoms with Crippen LogP contribution >= 0.6 is 0 Å². The number of aromatic nitrogens is 2. The van der Waals surface area contributed by atoms with Crippen LogP contribution in [0.2, 0.25) is 0 Å². The molecule has 4 rings (SSSR count). The molecule has 1 aliphatic carbocycles. The highest BCUT2D eigenvalue weighted by molar-refractivity contribution is 5.85. The van der Waals surface area contributed by atoms with Gasteiger partial charge in [0.2, 0.25) is 0 Å². The molecule has 9 heteroatoms. The highest BCUT2D eigenvalue weighted by Crippen LogP contribution is 2.28. The van der Waals surface area contributed by atoms with Crippen molar-refractivity contribution in [2.75, 3.05) is 45.2 Å². The van der Waals surface area contributed by atoms with Gasteiger partial charge in [0.25, 0.3) is 12.1 Å². The summed E-state index contributed by atoms with van der Waals surface area (Å²) < 4.78 is 20.7. The Morgan fingerprint density at radius 2 is 2.00 bits per heavy atom. The second kappa shape index (κ2) is 17.1. The SMILES string of the molecule is COC[C@@H](F)CN(CCCCC1=C(\C)CCC2=C(/C=C\1)CCCN2)CCC(Nc1c(-c2ccccc2)cnc[n+]1O)C(C)=O. The van der Waals surface area contributed by atoms with Gasteiger partial charge in [0.1, 0.15) is 18.4 Å². The van der Waals surface area contributed by atoms with Crippen molar-refractivity contribution in [1.29, 1.82) is 0 Å². The van der Waals surface area contributed by atoms with E-state index in [4.69, 9.17) is 4.74 Å². The molecular weight excluding hydrogens is 557 g/mol. The van der Waals surface area contributed by atoms with Crippen molar-refractivity contribution in [3.05, 3.63) is 77.4 Å². The maximum Gasteiger partial charge on any atom is 0.271 e. The number of hydrogen-bond acceptors (Lipinski definition) is 7. The molecule has 2 heterocycles. The van der Waals surface area contributed by atoms with Gasteiger partial charge in [-0.15, -0.1) is 4.98 Å².